The maximum Gasteiger partial charge on any atom is 0.252 e. The molecule has 1 heterocycles. The van der Waals surface area contributed by atoms with E-state index in [2.05, 4.69) is 48.5 Å². The number of carbonyl (C=O) groups excluding carboxylic acids is 1. The first kappa shape index (κ1) is 18.9. The first-order valence-electron chi connectivity index (χ1n) is 8.51. The molecule has 0 radical (unpaired) electrons. The third-order valence-corrected chi connectivity index (χ3v) is 3.86. The Kier molecular flexibility index (Phi) is 6.53. The molecule has 0 aliphatic rings. The van der Waals surface area contributed by atoms with Crippen LogP contribution in [0.5, 0.6) is 0 Å². The van der Waals surface area contributed by atoms with Gasteiger partial charge in [0.25, 0.3) is 5.91 Å². The Balaban J connectivity index is 1.92. The van der Waals surface area contributed by atoms with Crippen LogP contribution < -0.4 is 10.6 Å². The van der Waals surface area contributed by atoms with E-state index in [4.69, 9.17) is 4.74 Å². The fourth-order valence-corrected chi connectivity index (χ4v) is 2.32. The average molecular weight is 341 g/mol. The second-order valence-corrected chi connectivity index (χ2v) is 6.99. The molecule has 1 aromatic carbocycles. The van der Waals surface area contributed by atoms with Gasteiger partial charge in [0.15, 0.2) is 0 Å². The molecule has 0 fully saturated rings. The Labute approximate surface area is 149 Å². The van der Waals surface area contributed by atoms with Gasteiger partial charge in [-0.1, -0.05) is 32.9 Å². The van der Waals surface area contributed by atoms with E-state index in [0.717, 1.165) is 12.1 Å². The minimum Gasteiger partial charge on any atom is -0.385 e. The summed E-state index contributed by atoms with van der Waals surface area (Å²) in [6.07, 6.45) is 2.37. The minimum absolute atomic E-state index is 0.121. The van der Waals surface area contributed by atoms with Crippen LogP contribution in [-0.2, 0) is 10.2 Å². The molecule has 0 spiro atoms. The molecule has 2 N–H and O–H groups in total. The zero-order chi connectivity index (χ0) is 18.3. The Morgan fingerprint density at radius 1 is 1.12 bits per heavy atom. The first-order chi connectivity index (χ1) is 11.9. The summed E-state index contributed by atoms with van der Waals surface area (Å²) in [5.41, 5.74) is 2.93. The number of hydrogen-bond acceptors (Lipinski definition) is 4. The molecule has 134 valence electrons. The van der Waals surface area contributed by atoms with Crippen molar-refractivity contribution < 1.29 is 9.53 Å². The molecule has 0 saturated carbocycles. The standard InChI is InChI=1S/C20H27N3O2/c1-20(2,3)16-7-9-17(10-8-16)23-18-11-6-15(14-22-18)19(24)21-12-5-13-25-4/h6-11,14H,5,12-13H2,1-4H3,(H,21,24)(H,22,23). The van der Waals surface area contributed by atoms with Crippen molar-refractivity contribution in [2.24, 2.45) is 0 Å². The summed E-state index contributed by atoms with van der Waals surface area (Å²) < 4.78 is 4.96. The maximum atomic E-state index is 12.0. The van der Waals surface area contributed by atoms with Crippen molar-refractivity contribution in [2.45, 2.75) is 32.6 Å². The normalized spacial score (nSPS) is 11.2. The third kappa shape index (κ3) is 5.87. The number of aromatic nitrogens is 1. The van der Waals surface area contributed by atoms with Crippen molar-refractivity contribution in [1.82, 2.24) is 10.3 Å². The molecular formula is C20H27N3O2. The number of benzene rings is 1. The molecule has 2 aromatic rings. The summed E-state index contributed by atoms with van der Waals surface area (Å²) in [6, 6.07) is 11.9. The molecule has 0 aliphatic heterocycles. The lowest BCUT2D eigenvalue weighted by atomic mass is 9.87. The van der Waals surface area contributed by atoms with Gasteiger partial charge in [0, 0.05) is 32.1 Å². The van der Waals surface area contributed by atoms with Crippen molar-refractivity contribution in [3.8, 4) is 0 Å². The summed E-state index contributed by atoms with van der Waals surface area (Å²) in [7, 11) is 1.65. The number of methoxy groups -OCH3 is 1. The highest BCUT2D eigenvalue weighted by atomic mass is 16.5. The van der Waals surface area contributed by atoms with Gasteiger partial charge in [0.2, 0.25) is 0 Å². The summed E-state index contributed by atoms with van der Waals surface area (Å²) in [5, 5.41) is 6.09. The van der Waals surface area contributed by atoms with E-state index in [9.17, 15) is 4.79 Å². The van der Waals surface area contributed by atoms with Gasteiger partial charge < -0.3 is 15.4 Å². The largest absolute Gasteiger partial charge is 0.385 e. The highest BCUT2D eigenvalue weighted by Crippen LogP contribution is 2.24. The lowest BCUT2D eigenvalue weighted by molar-refractivity contribution is 0.0948. The van der Waals surface area contributed by atoms with Crippen LogP contribution in [0, 0.1) is 0 Å². The van der Waals surface area contributed by atoms with Gasteiger partial charge in [-0.2, -0.15) is 0 Å². The van der Waals surface area contributed by atoms with Crippen molar-refractivity contribution >= 4 is 17.4 Å². The number of anilines is 2. The molecular weight excluding hydrogens is 314 g/mol. The monoisotopic (exact) mass is 341 g/mol. The SMILES string of the molecule is COCCCNC(=O)c1ccc(Nc2ccc(C(C)(C)C)cc2)nc1. The second kappa shape index (κ2) is 8.62. The van der Waals surface area contributed by atoms with E-state index in [0.29, 0.717) is 24.5 Å². The number of amides is 1. The van der Waals surface area contributed by atoms with Crippen LogP contribution in [-0.4, -0.2) is 31.2 Å². The number of ether oxygens (including phenoxy) is 1. The first-order valence-corrected chi connectivity index (χ1v) is 8.51. The zero-order valence-corrected chi connectivity index (χ0v) is 15.4. The maximum absolute atomic E-state index is 12.0. The number of carbonyl (C=O) groups is 1. The molecule has 5 heteroatoms. The summed E-state index contributed by atoms with van der Waals surface area (Å²) in [5.74, 6) is 0.587. The van der Waals surface area contributed by atoms with Crippen LogP contribution in [0.3, 0.4) is 0 Å². The zero-order valence-electron chi connectivity index (χ0n) is 15.4. The molecule has 5 nitrogen and oxygen atoms in total. The molecule has 2 rings (SSSR count). The topological polar surface area (TPSA) is 63.2 Å². The average Bonchev–Trinajstić information content (AvgIpc) is 2.59. The van der Waals surface area contributed by atoms with E-state index in [1.165, 1.54) is 5.56 Å². The van der Waals surface area contributed by atoms with E-state index in [1.807, 2.05) is 18.2 Å². The van der Waals surface area contributed by atoms with E-state index in [-0.39, 0.29) is 11.3 Å². The van der Waals surface area contributed by atoms with Crippen molar-refractivity contribution in [3.05, 3.63) is 53.7 Å². The molecule has 1 amide bonds. The molecule has 0 unspecified atom stereocenters. The molecule has 25 heavy (non-hydrogen) atoms. The summed E-state index contributed by atoms with van der Waals surface area (Å²) >= 11 is 0. The number of hydrogen-bond donors (Lipinski definition) is 2. The highest BCUT2D eigenvalue weighted by molar-refractivity contribution is 5.94. The van der Waals surface area contributed by atoms with Crippen LogP contribution in [0.25, 0.3) is 0 Å². The molecule has 0 atom stereocenters. The predicted molar refractivity (Wildman–Crippen MR) is 101 cm³/mol. The van der Waals surface area contributed by atoms with Crippen LogP contribution in [0.4, 0.5) is 11.5 Å². The Hall–Kier alpha value is -2.40. The van der Waals surface area contributed by atoms with Crippen LogP contribution in [0.15, 0.2) is 42.6 Å². The summed E-state index contributed by atoms with van der Waals surface area (Å²) in [6.45, 7) is 7.80. The second-order valence-electron chi connectivity index (χ2n) is 6.99. The minimum atomic E-state index is -0.121. The summed E-state index contributed by atoms with van der Waals surface area (Å²) in [4.78, 5) is 16.3. The third-order valence-electron chi connectivity index (χ3n) is 3.86. The van der Waals surface area contributed by atoms with Gasteiger partial charge in [0.1, 0.15) is 5.82 Å². The highest BCUT2D eigenvalue weighted by Gasteiger charge is 2.13. The van der Waals surface area contributed by atoms with Crippen LogP contribution >= 0.6 is 0 Å². The predicted octanol–water partition coefficient (Wildman–Crippen LogP) is 3.89. The van der Waals surface area contributed by atoms with Gasteiger partial charge in [0.05, 0.1) is 5.56 Å². The van der Waals surface area contributed by atoms with Gasteiger partial charge in [-0.25, -0.2) is 4.98 Å². The van der Waals surface area contributed by atoms with Crippen molar-refractivity contribution in [1.29, 1.82) is 0 Å². The quantitative estimate of drug-likeness (QED) is 0.750. The lowest BCUT2D eigenvalue weighted by Crippen LogP contribution is -2.25. The van der Waals surface area contributed by atoms with Crippen LogP contribution in [0.1, 0.15) is 43.1 Å². The molecule has 0 bridgehead atoms. The fourth-order valence-electron chi connectivity index (χ4n) is 2.32. The lowest BCUT2D eigenvalue weighted by Gasteiger charge is -2.19. The molecule has 1 aromatic heterocycles. The van der Waals surface area contributed by atoms with Crippen molar-refractivity contribution in [3.63, 3.8) is 0 Å². The van der Waals surface area contributed by atoms with Gasteiger partial charge in [-0.3, -0.25) is 4.79 Å². The smallest absolute Gasteiger partial charge is 0.252 e. The van der Waals surface area contributed by atoms with E-state index >= 15 is 0 Å². The van der Waals surface area contributed by atoms with Gasteiger partial charge >= 0.3 is 0 Å². The van der Waals surface area contributed by atoms with Crippen molar-refractivity contribution in [2.75, 3.05) is 25.6 Å². The Morgan fingerprint density at radius 3 is 2.40 bits per heavy atom. The van der Waals surface area contributed by atoms with E-state index in [1.54, 1.807) is 19.4 Å². The Morgan fingerprint density at radius 2 is 1.84 bits per heavy atom. The fraction of sp³-hybridized carbons (Fsp3) is 0.400. The van der Waals surface area contributed by atoms with E-state index < -0.39 is 0 Å². The number of nitrogens with one attached hydrogen (secondary N) is 2. The van der Waals surface area contributed by atoms with Gasteiger partial charge in [-0.05, 0) is 41.7 Å². The van der Waals surface area contributed by atoms with Gasteiger partial charge in [-0.15, -0.1) is 0 Å². The Bertz CT molecular complexity index is 674. The molecule has 0 saturated heterocycles. The van der Waals surface area contributed by atoms with Crippen LogP contribution in [0.2, 0.25) is 0 Å². The number of pyridine rings is 1. The molecule has 0 aliphatic carbocycles. The number of rotatable bonds is 7. The number of nitrogens with zero attached hydrogens (tertiary/aromatic N) is 1.